The van der Waals surface area contributed by atoms with Gasteiger partial charge < -0.3 is 4.74 Å². The maximum absolute atomic E-state index is 12.4. The van der Waals surface area contributed by atoms with Crippen molar-refractivity contribution in [3.05, 3.63) is 52.7 Å². The quantitative estimate of drug-likeness (QED) is 0.409. The van der Waals surface area contributed by atoms with E-state index in [9.17, 15) is 9.59 Å². The molecule has 0 aliphatic rings. The molecule has 3 nitrogen and oxygen atoms in total. The van der Waals surface area contributed by atoms with Crippen molar-refractivity contribution in [3.63, 3.8) is 0 Å². The molecule has 100 valence electrons. The van der Waals surface area contributed by atoms with Crippen LogP contribution in [0, 0.1) is 0 Å². The van der Waals surface area contributed by atoms with E-state index in [1.807, 2.05) is 24.3 Å². The number of rotatable bonds is 2. The van der Waals surface area contributed by atoms with Crippen LogP contribution in [0.3, 0.4) is 0 Å². The van der Waals surface area contributed by atoms with Crippen LogP contribution in [0.15, 0.2) is 47.3 Å². The van der Waals surface area contributed by atoms with Crippen molar-refractivity contribution in [2.75, 3.05) is 0 Å². The van der Waals surface area contributed by atoms with E-state index >= 15 is 0 Å². The van der Waals surface area contributed by atoms with Crippen LogP contribution >= 0.6 is 11.3 Å². The zero-order chi connectivity index (χ0) is 14.1. The third-order valence-electron chi connectivity index (χ3n) is 3.07. The number of esters is 1. The Labute approximate surface area is 119 Å². The molecule has 20 heavy (non-hydrogen) atoms. The van der Waals surface area contributed by atoms with E-state index in [-0.39, 0.29) is 11.4 Å². The lowest BCUT2D eigenvalue weighted by Crippen LogP contribution is -2.06. The minimum absolute atomic E-state index is 0.0164. The molecule has 0 amide bonds. The first kappa shape index (κ1) is 12.8. The molecule has 0 unspecified atom stereocenters. The van der Waals surface area contributed by atoms with Crippen molar-refractivity contribution in [1.82, 2.24) is 0 Å². The summed E-state index contributed by atoms with van der Waals surface area (Å²) in [5.41, 5.74) is 0.0164. The first-order valence-electron chi connectivity index (χ1n) is 6.35. The van der Waals surface area contributed by atoms with Crippen LogP contribution in [0.5, 0.6) is 5.75 Å². The monoisotopic (exact) mass is 284 g/mol. The van der Waals surface area contributed by atoms with Gasteiger partial charge in [-0.3, -0.25) is 9.59 Å². The highest BCUT2D eigenvalue weighted by molar-refractivity contribution is 7.24. The van der Waals surface area contributed by atoms with E-state index in [0.717, 1.165) is 14.8 Å². The highest BCUT2D eigenvalue weighted by atomic mass is 32.1. The highest BCUT2D eigenvalue weighted by Gasteiger charge is 2.08. The van der Waals surface area contributed by atoms with Gasteiger partial charge in [-0.05, 0) is 30.3 Å². The zero-order valence-corrected chi connectivity index (χ0v) is 11.7. The summed E-state index contributed by atoms with van der Waals surface area (Å²) in [6.07, 6.45) is 0.325. The lowest BCUT2D eigenvalue weighted by molar-refractivity contribution is -0.134. The Morgan fingerprint density at radius 2 is 1.85 bits per heavy atom. The van der Waals surface area contributed by atoms with E-state index in [1.165, 1.54) is 11.3 Å². The highest BCUT2D eigenvalue weighted by Crippen LogP contribution is 2.27. The van der Waals surface area contributed by atoms with Gasteiger partial charge in [-0.25, -0.2) is 0 Å². The molecule has 4 heteroatoms. The SMILES string of the molecule is CCC(=O)Oc1ccc2c(=O)c3ccccc3sc2c1. The van der Waals surface area contributed by atoms with Crippen molar-refractivity contribution in [2.45, 2.75) is 13.3 Å². The standard InChI is InChI=1S/C16H12O3S/c1-2-15(17)19-10-7-8-12-14(9-10)20-13-6-4-3-5-11(13)16(12)18/h3-9H,2H2,1H3. The maximum Gasteiger partial charge on any atom is 0.310 e. The molecule has 2 aromatic carbocycles. The van der Waals surface area contributed by atoms with Gasteiger partial charge in [0.05, 0.1) is 0 Å². The Hall–Kier alpha value is -2.20. The zero-order valence-electron chi connectivity index (χ0n) is 10.9. The summed E-state index contributed by atoms with van der Waals surface area (Å²) in [5.74, 6) is 0.202. The first-order chi connectivity index (χ1) is 9.69. The second kappa shape index (κ2) is 5.06. The molecule has 1 aromatic heterocycles. The molecule has 3 aromatic rings. The molecule has 0 aliphatic carbocycles. The third-order valence-corrected chi connectivity index (χ3v) is 4.20. The molecule has 0 radical (unpaired) electrons. The van der Waals surface area contributed by atoms with Crippen LogP contribution in [0.1, 0.15) is 13.3 Å². The minimum atomic E-state index is -0.280. The summed E-state index contributed by atoms with van der Waals surface area (Å²) in [6.45, 7) is 1.75. The van der Waals surface area contributed by atoms with Crippen molar-refractivity contribution in [2.24, 2.45) is 0 Å². The number of fused-ring (bicyclic) bond motifs is 2. The second-order valence-corrected chi connectivity index (χ2v) is 5.50. The predicted molar refractivity (Wildman–Crippen MR) is 81.5 cm³/mol. The lowest BCUT2D eigenvalue weighted by Gasteiger charge is -2.05. The van der Waals surface area contributed by atoms with Gasteiger partial charge in [0.15, 0.2) is 5.43 Å². The number of carbonyl (C=O) groups is 1. The van der Waals surface area contributed by atoms with Crippen molar-refractivity contribution < 1.29 is 9.53 Å². The van der Waals surface area contributed by atoms with Crippen LogP contribution < -0.4 is 10.2 Å². The fraction of sp³-hybridized carbons (Fsp3) is 0.125. The summed E-state index contributed by atoms with van der Waals surface area (Å²) >= 11 is 1.52. The largest absolute Gasteiger partial charge is 0.426 e. The van der Waals surface area contributed by atoms with Gasteiger partial charge in [0, 0.05) is 26.6 Å². The van der Waals surface area contributed by atoms with Crippen LogP contribution in [-0.4, -0.2) is 5.97 Å². The summed E-state index contributed by atoms with van der Waals surface area (Å²) in [5, 5.41) is 1.38. The molecule has 0 aliphatic heterocycles. The number of carbonyl (C=O) groups excluding carboxylic acids is 1. The fourth-order valence-electron chi connectivity index (χ4n) is 2.05. The maximum atomic E-state index is 12.4. The molecule has 3 rings (SSSR count). The molecule has 0 atom stereocenters. The summed E-state index contributed by atoms with van der Waals surface area (Å²) in [4.78, 5) is 23.7. The number of hydrogen-bond donors (Lipinski definition) is 0. The van der Waals surface area contributed by atoms with Crippen molar-refractivity contribution >= 4 is 37.5 Å². The van der Waals surface area contributed by atoms with Crippen molar-refractivity contribution in [3.8, 4) is 5.75 Å². The average molecular weight is 284 g/mol. The van der Waals surface area contributed by atoms with Gasteiger partial charge in [0.25, 0.3) is 0 Å². The molecular weight excluding hydrogens is 272 g/mol. The number of benzene rings is 2. The van der Waals surface area contributed by atoms with Crippen LogP contribution in [0.2, 0.25) is 0 Å². The number of ether oxygens (including phenoxy) is 1. The molecule has 0 fully saturated rings. The van der Waals surface area contributed by atoms with Gasteiger partial charge in [0.2, 0.25) is 0 Å². The van der Waals surface area contributed by atoms with Crippen LogP contribution in [0.4, 0.5) is 0 Å². The normalized spacial score (nSPS) is 10.8. The Balaban J connectivity index is 2.22. The molecule has 0 saturated heterocycles. The van der Waals surface area contributed by atoms with E-state index < -0.39 is 0 Å². The number of hydrogen-bond acceptors (Lipinski definition) is 4. The molecular formula is C16H12O3S. The summed E-state index contributed by atoms with van der Waals surface area (Å²) < 4.78 is 6.95. The lowest BCUT2D eigenvalue weighted by atomic mass is 10.2. The van der Waals surface area contributed by atoms with Crippen molar-refractivity contribution in [1.29, 1.82) is 0 Å². The second-order valence-electron chi connectivity index (χ2n) is 4.41. The molecule has 0 N–H and O–H groups in total. The average Bonchev–Trinajstić information content (AvgIpc) is 2.47. The molecule has 1 heterocycles. The van der Waals surface area contributed by atoms with Crippen LogP contribution in [0.25, 0.3) is 20.2 Å². The van der Waals surface area contributed by atoms with Gasteiger partial charge in [-0.2, -0.15) is 0 Å². The van der Waals surface area contributed by atoms with Crippen LogP contribution in [-0.2, 0) is 4.79 Å². The Bertz CT molecular complexity index is 864. The van der Waals surface area contributed by atoms with E-state index in [0.29, 0.717) is 17.6 Å². The molecule has 0 spiro atoms. The third kappa shape index (κ3) is 2.18. The smallest absolute Gasteiger partial charge is 0.310 e. The Morgan fingerprint density at radius 1 is 1.10 bits per heavy atom. The van der Waals surface area contributed by atoms with Gasteiger partial charge in [0.1, 0.15) is 5.75 Å². The summed E-state index contributed by atoms with van der Waals surface area (Å²) in [7, 11) is 0. The molecule has 0 saturated carbocycles. The minimum Gasteiger partial charge on any atom is -0.426 e. The van der Waals surface area contributed by atoms with Gasteiger partial charge >= 0.3 is 5.97 Å². The summed E-state index contributed by atoms with van der Waals surface area (Å²) in [6, 6.07) is 12.7. The van der Waals surface area contributed by atoms with Gasteiger partial charge in [-0.1, -0.05) is 19.1 Å². The fourth-order valence-corrected chi connectivity index (χ4v) is 3.15. The van der Waals surface area contributed by atoms with E-state index in [1.54, 1.807) is 25.1 Å². The topological polar surface area (TPSA) is 43.4 Å². The predicted octanol–water partition coefficient (Wildman–Crippen LogP) is 3.73. The Kier molecular flexibility index (Phi) is 3.24. The first-order valence-corrected chi connectivity index (χ1v) is 7.17. The van der Waals surface area contributed by atoms with E-state index in [4.69, 9.17) is 4.74 Å². The Morgan fingerprint density at radius 3 is 2.65 bits per heavy atom. The van der Waals surface area contributed by atoms with E-state index in [2.05, 4.69) is 0 Å². The molecule has 0 bridgehead atoms. The van der Waals surface area contributed by atoms with Gasteiger partial charge in [-0.15, -0.1) is 11.3 Å².